The number of hydrogen-bond acceptors (Lipinski definition) is 4. The van der Waals surface area contributed by atoms with E-state index in [1.54, 1.807) is 18.3 Å². The molecule has 216 valence electrons. The summed E-state index contributed by atoms with van der Waals surface area (Å²) in [6.45, 7) is 5.38. The van der Waals surface area contributed by atoms with Crippen molar-refractivity contribution in [2.45, 2.75) is 45.2 Å². The van der Waals surface area contributed by atoms with Crippen LogP contribution in [-0.4, -0.2) is 80.2 Å². The van der Waals surface area contributed by atoms with Gasteiger partial charge >= 0.3 is 6.03 Å². The Hall–Kier alpha value is -3.98. The van der Waals surface area contributed by atoms with Crippen molar-refractivity contribution in [3.8, 4) is 0 Å². The van der Waals surface area contributed by atoms with Crippen LogP contribution in [0.15, 0.2) is 48.9 Å². The van der Waals surface area contributed by atoms with Gasteiger partial charge in [0.15, 0.2) is 5.78 Å². The highest BCUT2D eigenvalue weighted by Crippen LogP contribution is 2.43. The van der Waals surface area contributed by atoms with E-state index in [1.165, 1.54) is 6.42 Å². The summed E-state index contributed by atoms with van der Waals surface area (Å²) in [5.41, 5.74) is 6.20. The fourth-order valence-electron chi connectivity index (χ4n) is 7.98. The fraction of sp³-hybridized carbons (Fsp3) is 0.424. The van der Waals surface area contributed by atoms with Gasteiger partial charge < -0.3 is 19.3 Å². The number of fused-ring (bicyclic) bond motifs is 1. The minimum absolute atomic E-state index is 0.0542. The van der Waals surface area contributed by atoms with Crippen molar-refractivity contribution < 1.29 is 14.0 Å². The van der Waals surface area contributed by atoms with E-state index in [9.17, 15) is 9.59 Å². The van der Waals surface area contributed by atoms with Crippen LogP contribution in [-0.2, 0) is 17.9 Å². The van der Waals surface area contributed by atoms with Crippen LogP contribution in [0.4, 0.5) is 9.18 Å². The molecule has 8 rings (SSSR count). The number of halogens is 1. The highest BCUT2D eigenvalue weighted by Gasteiger charge is 2.41. The molecule has 0 unspecified atom stereocenters. The average molecular weight is 567 g/mol. The molecule has 4 aromatic rings. The molecule has 9 heteroatoms. The lowest BCUT2D eigenvalue weighted by atomic mass is 9.78. The molecule has 0 atom stereocenters. The van der Waals surface area contributed by atoms with E-state index in [0.29, 0.717) is 43.5 Å². The molecule has 4 aliphatic rings. The first-order valence-corrected chi connectivity index (χ1v) is 15.1. The zero-order valence-corrected chi connectivity index (χ0v) is 24.0. The lowest BCUT2D eigenvalue weighted by molar-refractivity contribution is -0.113. The fourth-order valence-corrected chi connectivity index (χ4v) is 7.98. The van der Waals surface area contributed by atoms with Crippen LogP contribution in [0.1, 0.15) is 48.9 Å². The second-order valence-corrected chi connectivity index (χ2v) is 12.7. The summed E-state index contributed by atoms with van der Waals surface area (Å²) >= 11 is 0. The van der Waals surface area contributed by atoms with E-state index in [1.807, 2.05) is 38.6 Å². The zero-order valence-electron chi connectivity index (χ0n) is 24.0. The third-order valence-corrected chi connectivity index (χ3v) is 10.2. The van der Waals surface area contributed by atoms with Crippen LogP contribution in [0.2, 0.25) is 0 Å². The monoisotopic (exact) mass is 566 g/mol. The van der Waals surface area contributed by atoms with Gasteiger partial charge in [-0.2, -0.15) is 0 Å². The Kier molecular flexibility index (Phi) is 5.83. The first-order valence-electron chi connectivity index (χ1n) is 15.1. The predicted octanol–water partition coefficient (Wildman–Crippen LogP) is 5.06. The molecule has 3 aromatic heterocycles. The smallest absolute Gasteiger partial charge is 0.320 e. The van der Waals surface area contributed by atoms with Crippen molar-refractivity contribution >= 4 is 39.5 Å². The normalized spacial score (nSPS) is 21.0. The van der Waals surface area contributed by atoms with E-state index in [2.05, 4.69) is 27.7 Å². The molecular weight excluding hydrogens is 531 g/mol. The number of hydrogen-bond donors (Lipinski definition) is 0. The third-order valence-electron chi connectivity index (χ3n) is 10.2. The maximum Gasteiger partial charge on any atom is 0.320 e. The molecule has 8 nitrogen and oxygen atoms in total. The molecule has 0 bridgehead atoms. The van der Waals surface area contributed by atoms with Gasteiger partial charge in [0.1, 0.15) is 11.5 Å². The Bertz CT molecular complexity index is 1790. The zero-order chi connectivity index (χ0) is 28.6. The van der Waals surface area contributed by atoms with Crippen molar-refractivity contribution in [3.63, 3.8) is 0 Å². The first kappa shape index (κ1) is 25.7. The van der Waals surface area contributed by atoms with Gasteiger partial charge in [0, 0.05) is 74.6 Å². The largest absolute Gasteiger partial charge is 0.345 e. The van der Waals surface area contributed by atoms with Gasteiger partial charge in [0.2, 0.25) is 0 Å². The van der Waals surface area contributed by atoms with E-state index >= 15 is 4.39 Å². The van der Waals surface area contributed by atoms with Gasteiger partial charge in [0.05, 0.1) is 17.4 Å². The number of benzene rings is 1. The number of Topliss-reactive ketones (excluding diaryl/α,β-unsaturated/α-hetero) is 1. The maximum absolute atomic E-state index is 15.2. The van der Waals surface area contributed by atoms with Crippen molar-refractivity contribution in [3.05, 3.63) is 71.6 Å². The van der Waals surface area contributed by atoms with Crippen molar-refractivity contribution in [1.29, 1.82) is 0 Å². The summed E-state index contributed by atoms with van der Waals surface area (Å²) in [6, 6.07) is 9.00. The number of likely N-dealkylation sites (tertiary alicyclic amines) is 2. The van der Waals surface area contributed by atoms with E-state index in [0.717, 1.165) is 78.0 Å². The Morgan fingerprint density at radius 3 is 2.64 bits per heavy atom. The lowest BCUT2D eigenvalue weighted by Gasteiger charge is -2.41. The summed E-state index contributed by atoms with van der Waals surface area (Å²) in [5.74, 6) is -0.234. The number of aromatic nitrogens is 3. The lowest BCUT2D eigenvalue weighted by Crippen LogP contribution is -2.49. The number of imidazole rings is 1. The summed E-state index contributed by atoms with van der Waals surface area (Å²) in [5, 5.41) is 0.806. The Labute approximate surface area is 244 Å². The number of piperidine rings is 1. The van der Waals surface area contributed by atoms with Gasteiger partial charge in [-0.3, -0.25) is 9.20 Å². The van der Waals surface area contributed by atoms with Crippen LogP contribution in [0.25, 0.3) is 27.7 Å². The van der Waals surface area contributed by atoms with Crippen LogP contribution in [0.3, 0.4) is 0 Å². The van der Waals surface area contributed by atoms with Crippen molar-refractivity contribution in [2.75, 3.05) is 39.8 Å². The molecule has 2 fully saturated rings. The third kappa shape index (κ3) is 4.01. The molecule has 0 radical (unpaired) electrons. The number of urea groups is 1. The van der Waals surface area contributed by atoms with Crippen LogP contribution < -0.4 is 0 Å². The average Bonchev–Trinajstić information content (AvgIpc) is 3.73. The van der Waals surface area contributed by atoms with Crippen LogP contribution in [0.5, 0.6) is 0 Å². The molecule has 1 spiro atoms. The highest BCUT2D eigenvalue weighted by atomic mass is 19.1. The summed E-state index contributed by atoms with van der Waals surface area (Å²) in [6.07, 6.45) is 10.1. The molecule has 42 heavy (non-hydrogen) atoms. The van der Waals surface area contributed by atoms with Gasteiger partial charge in [-0.05, 0) is 80.1 Å². The highest BCUT2D eigenvalue weighted by molar-refractivity contribution is 6.31. The summed E-state index contributed by atoms with van der Waals surface area (Å²) in [4.78, 5) is 37.8. The second kappa shape index (κ2) is 9.52. The molecule has 1 aliphatic carbocycles. The summed E-state index contributed by atoms with van der Waals surface area (Å²) < 4.78 is 19.3. The molecule has 0 saturated carbocycles. The predicted molar refractivity (Wildman–Crippen MR) is 159 cm³/mol. The van der Waals surface area contributed by atoms with Gasteiger partial charge in [-0.25, -0.2) is 14.2 Å². The number of rotatable bonds is 2. The molecular formula is C33H35FN6O2. The molecule has 2 amide bonds. The summed E-state index contributed by atoms with van der Waals surface area (Å²) in [7, 11) is 2.19. The van der Waals surface area contributed by atoms with E-state index in [-0.39, 0.29) is 17.6 Å². The minimum Gasteiger partial charge on any atom is -0.345 e. The topological polar surface area (TPSA) is 66.1 Å². The van der Waals surface area contributed by atoms with E-state index in [4.69, 9.17) is 0 Å². The number of carbonyl (C=O) groups is 2. The molecule has 1 aromatic carbocycles. The molecule has 2 saturated heterocycles. The van der Waals surface area contributed by atoms with Crippen LogP contribution >= 0.6 is 0 Å². The van der Waals surface area contributed by atoms with E-state index < -0.39 is 0 Å². The SMILES string of the molecule is CN1CCC2(CCN(C(=O)N3CCn4cc(C5=C(c6cnc7ccccn67)C(=O)CC5)c5cc(F)cc(c54)C3)CC2)C1. The van der Waals surface area contributed by atoms with Crippen molar-refractivity contribution in [2.24, 2.45) is 5.41 Å². The van der Waals surface area contributed by atoms with Crippen LogP contribution in [0, 0.1) is 11.2 Å². The maximum atomic E-state index is 15.2. The number of nitrogens with zero attached hydrogens (tertiary/aromatic N) is 6. The number of pyridine rings is 1. The molecule has 6 heterocycles. The second-order valence-electron chi connectivity index (χ2n) is 12.7. The van der Waals surface area contributed by atoms with Gasteiger partial charge in [-0.1, -0.05) is 6.07 Å². The molecule has 3 aliphatic heterocycles. The Balaban J connectivity index is 1.13. The van der Waals surface area contributed by atoms with Gasteiger partial charge in [0.25, 0.3) is 0 Å². The molecule has 0 N–H and O–H groups in total. The number of amides is 2. The number of ketones is 1. The number of allylic oxidation sites excluding steroid dienone is 2. The Morgan fingerprint density at radius 2 is 1.83 bits per heavy atom. The standard InChI is InChI=1S/C33H35FN6O2/c1-36-11-7-33(21-36)8-12-37(13-9-33)32(42)39-15-14-38-20-26(25-17-23(34)16-22(19-39)31(25)38)24-5-6-28(41)30(24)27-18-35-29-4-2-3-10-40(27)29/h2-4,10,16-18,20H,5-9,11-15,19,21H2,1H3. The minimum atomic E-state index is -0.322. The quantitative estimate of drug-likeness (QED) is 0.341. The number of carbonyl (C=O) groups excluding carboxylic acids is 2. The van der Waals surface area contributed by atoms with Crippen molar-refractivity contribution in [1.82, 2.24) is 28.7 Å². The Morgan fingerprint density at radius 1 is 1.00 bits per heavy atom. The first-order chi connectivity index (χ1) is 20.4. The van der Waals surface area contributed by atoms with Gasteiger partial charge in [-0.15, -0.1) is 0 Å².